The number of nitrogens with zero attached hydrogens (tertiary/aromatic N) is 1. The van der Waals surface area contributed by atoms with Crippen LogP contribution in [0.3, 0.4) is 0 Å². The van der Waals surface area contributed by atoms with Crippen LogP contribution in [0.5, 0.6) is 11.8 Å². The minimum Gasteiger partial charge on any atom is -0.416 e. The van der Waals surface area contributed by atoms with E-state index >= 15 is 0 Å². The number of oxazole rings is 1. The molecule has 2 aromatic carbocycles. The molecule has 0 spiro atoms. The van der Waals surface area contributed by atoms with Gasteiger partial charge in [0, 0.05) is 0 Å². The summed E-state index contributed by atoms with van der Waals surface area (Å²) in [5, 5.41) is 2.40. The Morgan fingerprint density at radius 1 is 1.15 bits per heavy atom. The van der Waals surface area contributed by atoms with E-state index < -0.39 is 57.1 Å². The van der Waals surface area contributed by atoms with Crippen LogP contribution in [0.1, 0.15) is 34.6 Å². The topological polar surface area (TPSA) is 111 Å². The molecule has 2 N–H and O–H groups in total. The number of aromatic nitrogens is 1. The third kappa shape index (κ3) is 6.21. The van der Waals surface area contributed by atoms with E-state index in [9.17, 15) is 35.2 Å². The normalized spacial score (nSPS) is 12.8. The van der Waals surface area contributed by atoms with E-state index in [2.05, 4.69) is 10.3 Å². The van der Waals surface area contributed by atoms with Crippen LogP contribution in [-0.2, 0) is 16.2 Å². The molecule has 0 saturated heterocycles. The van der Waals surface area contributed by atoms with Crippen LogP contribution in [0.2, 0.25) is 0 Å². The molecule has 34 heavy (non-hydrogen) atoms. The second-order valence-electron chi connectivity index (χ2n) is 7.06. The van der Waals surface area contributed by atoms with Gasteiger partial charge in [-0.05, 0) is 42.8 Å². The zero-order valence-corrected chi connectivity index (χ0v) is 18.2. The Hall–Kier alpha value is -3.68. The van der Waals surface area contributed by atoms with Crippen molar-refractivity contribution in [1.82, 2.24) is 10.3 Å². The lowest BCUT2D eigenvalue weighted by molar-refractivity contribution is -0.137. The standard InChI is InChI=1S/C20H16F5N3O5S/c1-10(11-6-14(21)17(15(22)7-11)28-34(2,30)31)26-18(29)16-9-32-19(27-16)33-13-5-3-4-12(8-13)20(23,24)25/h3-10,28H,1-2H3,(H,26,29). The average molecular weight is 505 g/mol. The van der Waals surface area contributed by atoms with Gasteiger partial charge in [0.2, 0.25) is 10.0 Å². The quantitative estimate of drug-likeness (QED) is 0.453. The van der Waals surface area contributed by atoms with Gasteiger partial charge >= 0.3 is 12.3 Å². The summed E-state index contributed by atoms with van der Waals surface area (Å²) in [6.45, 7) is 1.40. The van der Waals surface area contributed by atoms with Crippen molar-refractivity contribution < 1.29 is 44.3 Å². The van der Waals surface area contributed by atoms with Crippen molar-refractivity contribution in [2.75, 3.05) is 11.0 Å². The maximum absolute atomic E-state index is 14.2. The molecule has 0 saturated carbocycles. The maximum atomic E-state index is 14.2. The molecule has 0 aliphatic carbocycles. The summed E-state index contributed by atoms with van der Waals surface area (Å²) < 4.78 is 101. The molecule has 0 aliphatic rings. The van der Waals surface area contributed by atoms with Gasteiger partial charge < -0.3 is 14.5 Å². The number of benzene rings is 2. The van der Waals surface area contributed by atoms with Gasteiger partial charge in [-0.25, -0.2) is 17.2 Å². The molecule has 3 aromatic rings. The van der Waals surface area contributed by atoms with E-state index in [4.69, 9.17) is 9.15 Å². The first-order valence-electron chi connectivity index (χ1n) is 9.31. The Morgan fingerprint density at radius 3 is 2.38 bits per heavy atom. The minimum absolute atomic E-state index is 0.0219. The summed E-state index contributed by atoms with van der Waals surface area (Å²) >= 11 is 0. The van der Waals surface area contributed by atoms with Crippen LogP contribution in [0.15, 0.2) is 47.1 Å². The van der Waals surface area contributed by atoms with E-state index in [0.717, 1.165) is 42.9 Å². The zero-order valence-electron chi connectivity index (χ0n) is 17.4. The highest BCUT2D eigenvalue weighted by Crippen LogP contribution is 2.32. The van der Waals surface area contributed by atoms with E-state index in [0.29, 0.717) is 0 Å². The van der Waals surface area contributed by atoms with Crippen molar-refractivity contribution in [2.45, 2.75) is 19.1 Å². The van der Waals surface area contributed by atoms with Crippen molar-refractivity contribution in [3.05, 3.63) is 71.1 Å². The Balaban J connectivity index is 1.70. The van der Waals surface area contributed by atoms with Crippen LogP contribution in [0, 0.1) is 11.6 Å². The number of amides is 1. The summed E-state index contributed by atoms with van der Waals surface area (Å²) in [6, 6.07) is 4.64. The molecule has 0 fully saturated rings. The average Bonchev–Trinajstić information content (AvgIpc) is 3.18. The van der Waals surface area contributed by atoms with Gasteiger partial charge in [0.1, 0.15) is 17.7 Å². The van der Waals surface area contributed by atoms with Gasteiger partial charge in [-0.1, -0.05) is 6.07 Å². The predicted octanol–water partition coefficient (Wildman–Crippen LogP) is 4.63. The molecule has 3 rings (SSSR count). The number of alkyl halides is 3. The minimum atomic E-state index is -4.59. The second kappa shape index (κ2) is 9.29. The molecule has 14 heteroatoms. The lowest BCUT2D eigenvalue weighted by atomic mass is 10.1. The summed E-state index contributed by atoms with van der Waals surface area (Å²) in [5.41, 5.74) is -2.16. The van der Waals surface area contributed by atoms with Gasteiger partial charge in [-0.3, -0.25) is 9.52 Å². The number of hydrogen-bond acceptors (Lipinski definition) is 6. The summed E-state index contributed by atoms with van der Waals surface area (Å²) in [4.78, 5) is 16.1. The highest BCUT2D eigenvalue weighted by atomic mass is 32.2. The van der Waals surface area contributed by atoms with Crippen molar-refractivity contribution in [1.29, 1.82) is 0 Å². The van der Waals surface area contributed by atoms with Crippen molar-refractivity contribution in [3.8, 4) is 11.8 Å². The lowest BCUT2D eigenvalue weighted by Gasteiger charge is -2.15. The van der Waals surface area contributed by atoms with Crippen molar-refractivity contribution >= 4 is 21.6 Å². The fourth-order valence-electron chi connectivity index (χ4n) is 2.72. The van der Waals surface area contributed by atoms with Crippen LogP contribution in [0.4, 0.5) is 27.6 Å². The van der Waals surface area contributed by atoms with E-state index in [1.807, 2.05) is 0 Å². The molecule has 0 aliphatic heterocycles. The number of rotatable bonds is 7. The van der Waals surface area contributed by atoms with Crippen LogP contribution in [-0.4, -0.2) is 25.6 Å². The summed E-state index contributed by atoms with van der Waals surface area (Å²) in [5.74, 6) is -3.46. The number of nitrogens with one attached hydrogen (secondary N) is 2. The molecular formula is C20H16F5N3O5S. The van der Waals surface area contributed by atoms with Crippen molar-refractivity contribution in [2.24, 2.45) is 0 Å². The number of anilines is 1. The fourth-order valence-corrected chi connectivity index (χ4v) is 3.29. The predicted molar refractivity (Wildman–Crippen MR) is 109 cm³/mol. The molecule has 8 nitrogen and oxygen atoms in total. The molecule has 1 heterocycles. The van der Waals surface area contributed by atoms with Gasteiger partial charge in [-0.15, -0.1) is 0 Å². The summed E-state index contributed by atoms with van der Waals surface area (Å²) in [6.07, 6.45) is -3.49. The third-order valence-electron chi connectivity index (χ3n) is 4.28. The Bertz CT molecular complexity index is 1300. The first-order chi connectivity index (χ1) is 15.7. The SMILES string of the molecule is CC(NC(=O)c1coc(Oc2cccc(C(F)(F)F)c2)n1)c1cc(F)c(NS(C)(=O)=O)c(F)c1. The Kier molecular flexibility index (Phi) is 6.82. The monoisotopic (exact) mass is 505 g/mol. The number of sulfonamides is 1. The number of halogens is 5. The van der Waals surface area contributed by atoms with Crippen LogP contribution >= 0.6 is 0 Å². The lowest BCUT2D eigenvalue weighted by Crippen LogP contribution is -2.27. The molecule has 1 aromatic heterocycles. The van der Waals surface area contributed by atoms with Gasteiger partial charge in [-0.2, -0.15) is 18.2 Å². The number of hydrogen-bond donors (Lipinski definition) is 2. The highest BCUT2D eigenvalue weighted by Gasteiger charge is 2.31. The molecular weight excluding hydrogens is 489 g/mol. The highest BCUT2D eigenvalue weighted by molar-refractivity contribution is 7.92. The smallest absolute Gasteiger partial charge is 0.416 e. The number of carbonyl (C=O) groups excluding carboxylic acids is 1. The second-order valence-corrected chi connectivity index (χ2v) is 8.80. The summed E-state index contributed by atoms with van der Waals surface area (Å²) in [7, 11) is -3.93. The van der Waals surface area contributed by atoms with Gasteiger partial charge in [0.15, 0.2) is 17.3 Å². The maximum Gasteiger partial charge on any atom is 0.416 e. The van der Waals surface area contributed by atoms with Crippen molar-refractivity contribution in [3.63, 3.8) is 0 Å². The molecule has 0 bridgehead atoms. The van der Waals surface area contributed by atoms with Crippen LogP contribution in [0.25, 0.3) is 0 Å². The fraction of sp³-hybridized carbons (Fsp3) is 0.200. The van der Waals surface area contributed by atoms with Gasteiger partial charge in [0.25, 0.3) is 5.91 Å². The first kappa shape index (κ1) is 25.0. The largest absolute Gasteiger partial charge is 0.416 e. The number of carbonyl (C=O) groups is 1. The van der Waals surface area contributed by atoms with Crippen LogP contribution < -0.4 is 14.8 Å². The van der Waals surface area contributed by atoms with E-state index in [-0.39, 0.29) is 17.0 Å². The Morgan fingerprint density at radius 2 is 1.79 bits per heavy atom. The molecule has 1 amide bonds. The Labute approximate surface area is 189 Å². The molecule has 0 radical (unpaired) electrons. The van der Waals surface area contributed by atoms with Gasteiger partial charge in [0.05, 0.1) is 17.9 Å². The number of ether oxygens (including phenoxy) is 1. The van der Waals surface area contributed by atoms with E-state index in [1.54, 1.807) is 4.72 Å². The third-order valence-corrected chi connectivity index (χ3v) is 4.86. The molecule has 1 unspecified atom stereocenters. The van der Waals surface area contributed by atoms with E-state index in [1.165, 1.54) is 13.0 Å². The molecule has 182 valence electrons. The zero-order chi connectivity index (χ0) is 25.3. The first-order valence-corrected chi connectivity index (χ1v) is 11.2. The molecule has 1 atom stereocenters.